The summed E-state index contributed by atoms with van der Waals surface area (Å²) in [7, 11) is 0. The molecule has 0 fully saturated rings. The number of phenolic OH excluding ortho intramolecular Hbond substituents is 2. The van der Waals surface area contributed by atoms with Gasteiger partial charge < -0.3 is 10.2 Å². The van der Waals surface area contributed by atoms with Gasteiger partial charge in [-0.2, -0.15) is 0 Å². The fourth-order valence-electron chi connectivity index (χ4n) is 1.37. The maximum absolute atomic E-state index is 9.14. The van der Waals surface area contributed by atoms with E-state index in [4.69, 9.17) is 66.2 Å². The first kappa shape index (κ1) is 22.0. The molecule has 0 saturated heterocycles. The monoisotopic (exact) mass is 441 g/mol. The molecule has 125 valence electrons. The fourth-order valence-corrected chi connectivity index (χ4v) is 2.39. The minimum absolute atomic E-state index is 0. The number of phenols is 2. The van der Waals surface area contributed by atoms with E-state index in [1.54, 1.807) is 0 Å². The number of rotatable bonds is 2. The molecule has 0 aliphatic heterocycles. The summed E-state index contributed by atoms with van der Waals surface area (Å²) >= 11 is 22.2. The predicted octanol–water partition coefficient (Wildman–Crippen LogP) is 4.44. The third-order valence-electron chi connectivity index (χ3n) is 2.39. The molecule has 0 bridgehead atoms. The second kappa shape index (κ2) is 10.0. The number of aldehydes is 2. The largest absolute Gasteiger partial charge is 0.505 e. The first-order chi connectivity index (χ1) is 10.3. The summed E-state index contributed by atoms with van der Waals surface area (Å²) in [5.41, 5.74) is 0.421. The molecule has 23 heavy (non-hydrogen) atoms. The van der Waals surface area contributed by atoms with E-state index in [2.05, 4.69) is 0 Å². The fraction of sp³-hybridized carbons (Fsp3) is 0. The van der Waals surface area contributed by atoms with E-state index in [9.17, 15) is 0 Å². The number of benzene rings is 2. The molecule has 0 spiro atoms. The number of hydrogen-bond acceptors (Lipinski definition) is 2. The molecule has 0 aliphatic rings. The van der Waals surface area contributed by atoms with Gasteiger partial charge in [0, 0.05) is 26.8 Å². The normalized spacial score (nSPS) is 9.22. The van der Waals surface area contributed by atoms with Crippen molar-refractivity contribution in [1.29, 1.82) is 0 Å². The Balaban J connectivity index is 0.000000403. The second-order valence-electron chi connectivity index (χ2n) is 3.91. The molecular formula is C14H10Cl4CoO4+2. The van der Waals surface area contributed by atoms with Crippen molar-refractivity contribution < 1.29 is 36.6 Å². The van der Waals surface area contributed by atoms with Gasteiger partial charge in [0.2, 0.25) is 0 Å². The third-order valence-corrected chi connectivity index (χ3v) is 3.41. The van der Waals surface area contributed by atoms with Crippen molar-refractivity contribution in [2.75, 3.05) is 0 Å². The minimum Gasteiger partial charge on any atom is -0.505 e. The molecule has 0 unspecified atom stereocenters. The van der Waals surface area contributed by atoms with Crippen molar-refractivity contribution in [1.82, 2.24) is 0 Å². The molecule has 0 aromatic heterocycles. The predicted molar refractivity (Wildman–Crippen MR) is 90.5 cm³/mol. The van der Waals surface area contributed by atoms with Gasteiger partial charge in [-0.1, -0.05) is 46.4 Å². The van der Waals surface area contributed by atoms with Crippen molar-refractivity contribution in [2.24, 2.45) is 0 Å². The number of carbonyl (C=O) groups excluding carboxylic acids is 2. The Morgan fingerprint density at radius 2 is 1.00 bits per heavy atom. The van der Waals surface area contributed by atoms with Crippen LogP contribution in [0.5, 0.6) is 11.5 Å². The zero-order valence-corrected chi connectivity index (χ0v) is 15.2. The van der Waals surface area contributed by atoms with Gasteiger partial charge in [-0.15, -0.1) is 0 Å². The second-order valence-corrected chi connectivity index (χ2v) is 5.60. The summed E-state index contributed by atoms with van der Waals surface area (Å²) < 4.78 is 0. The Hall–Kier alpha value is -0.954. The van der Waals surface area contributed by atoms with E-state index in [0.29, 0.717) is 10.0 Å². The van der Waals surface area contributed by atoms with Crippen molar-refractivity contribution in [3.63, 3.8) is 0 Å². The van der Waals surface area contributed by atoms with Gasteiger partial charge >= 0.3 is 12.6 Å². The standard InChI is InChI=1S/2C7H4Cl2O2.Co/c2*8-5-1-4(3-10)7(11)6(9)2-5;/h2*1-3,11H;/p+2. The van der Waals surface area contributed by atoms with Crippen molar-refractivity contribution >= 4 is 59.0 Å². The SMILES string of the molecule is Oc1c(Cl)cc(Cl)cc1C=[OH+].Oc1c(Cl)cc(Cl)cc1C=[OH+].[Co]. The smallest absolute Gasteiger partial charge is 0.316 e. The van der Waals surface area contributed by atoms with Crippen LogP contribution in [0, 0.1) is 0 Å². The molecule has 0 heterocycles. The summed E-state index contributed by atoms with van der Waals surface area (Å²) in [6.45, 7) is 0. The van der Waals surface area contributed by atoms with Gasteiger partial charge in [-0.3, -0.25) is 9.59 Å². The maximum Gasteiger partial charge on any atom is 0.316 e. The Kier molecular flexibility index (Phi) is 9.61. The number of halogens is 4. The molecule has 1 radical (unpaired) electrons. The molecule has 0 aliphatic carbocycles. The molecule has 4 N–H and O–H groups in total. The third kappa shape index (κ3) is 6.22. The Morgan fingerprint density at radius 3 is 1.26 bits per heavy atom. The molecule has 0 saturated carbocycles. The van der Waals surface area contributed by atoms with Crippen molar-refractivity contribution in [3.05, 3.63) is 55.5 Å². The number of aromatic hydroxyl groups is 2. The molecule has 0 amide bonds. The molecule has 0 atom stereocenters. The van der Waals surface area contributed by atoms with Crippen LogP contribution in [0.15, 0.2) is 24.3 Å². The zero-order chi connectivity index (χ0) is 16.9. The molecule has 9 heteroatoms. The summed E-state index contributed by atoms with van der Waals surface area (Å²) in [5.74, 6) is -0.336. The Morgan fingerprint density at radius 1 is 0.696 bits per heavy atom. The van der Waals surface area contributed by atoms with Gasteiger partial charge in [0.25, 0.3) is 0 Å². The van der Waals surface area contributed by atoms with Crippen LogP contribution < -0.4 is 0 Å². The Labute approximate surface area is 162 Å². The quantitative estimate of drug-likeness (QED) is 0.532. The van der Waals surface area contributed by atoms with E-state index >= 15 is 0 Å². The Bertz CT molecular complexity index is 661. The van der Waals surface area contributed by atoms with Gasteiger partial charge in [-0.25, -0.2) is 0 Å². The van der Waals surface area contributed by atoms with Crippen LogP contribution in [0.1, 0.15) is 11.1 Å². The van der Waals surface area contributed by atoms with Crippen LogP contribution in [0.2, 0.25) is 20.1 Å². The topological polar surface area (TPSA) is 83.3 Å². The van der Waals surface area contributed by atoms with Crippen LogP contribution in [0.4, 0.5) is 0 Å². The summed E-state index contributed by atoms with van der Waals surface area (Å²) in [6.07, 6.45) is 1.49. The summed E-state index contributed by atoms with van der Waals surface area (Å²) in [6, 6.07) is 5.60. The molecule has 2 rings (SSSR count). The van der Waals surface area contributed by atoms with Gasteiger partial charge in [0.1, 0.15) is 22.6 Å². The van der Waals surface area contributed by atoms with E-state index in [0.717, 1.165) is 12.6 Å². The average Bonchev–Trinajstić information content (AvgIpc) is 2.47. The van der Waals surface area contributed by atoms with E-state index < -0.39 is 0 Å². The molecule has 4 nitrogen and oxygen atoms in total. The van der Waals surface area contributed by atoms with Gasteiger partial charge in [0.15, 0.2) is 0 Å². The first-order valence-electron chi connectivity index (χ1n) is 5.61. The maximum atomic E-state index is 9.14. The van der Waals surface area contributed by atoms with Crippen LogP contribution in [0.3, 0.4) is 0 Å². The summed E-state index contributed by atoms with van der Waals surface area (Å²) in [5, 5.41) is 19.3. The van der Waals surface area contributed by atoms with Gasteiger partial charge in [0.05, 0.1) is 10.0 Å². The van der Waals surface area contributed by atoms with Crippen LogP contribution >= 0.6 is 46.4 Å². The molecule has 2 aromatic rings. The van der Waals surface area contributed by atoms with Crippen LogP contribution in [-0.4, -0.2) is 32.4 Å². The van der Waals surface area contributed by atoms with E-state index in [1.165, 1.54) is 24.3 Å². The van der Waals surface area contributed by atoms with Crippen LogP contribution in [-0.2, 0) is 16.8 Å². The number of hydrogen-bond donors (Lipinski definition) is 2. The summed E-state index contributed by atoms with van der Waals surface area (Å²) in [4.78, 5) is 17.1. The van der Waals surface area contributed by atoms with Gasteiger partial charge in [-0.05, 0) is 24.3 Å². The van der Waals surface area contributed by atoms with Crippen LogP contribution in [0.25, 0.3) is 0 Å². The van der Waals surface area contributed by atoms with Crippen molar-refractivity contribution in [2.45, 2.75) is 0 Å². The van der Waals surface area contributed by atoms with E-state index in [1.807, 2.05) is 0 Å². The zero-order valence-electron chi connectivity index (χ0n) is 11.1. The molecular weight excluding hydrogens is 433 g/mol. The molecule has 2 aromatic carbocycles. The average molecular weight is 443 g/mol. The van der Waals surface area contributed by atoms with E-state index in [-0.39, 0.29) is 49.4 Å². The first-order valence-corrected chi connectivity index (χ1v) is 7.12. The minimum atomic E-state index is -0.168. The van der Waals surface area contributed by atoms with Crippen molar-refractivity contribution in [3.8, 4) is 11.5 Å².